The highest BCUT2D eigenvalue weighted by atomic mass is 32.1. The summed E-state index contributed by atoms with van der Waals surface area (Å²) in [5, 5.41) is 5.60. The lowest BCUT2D eigenvalue weighted by Gasteiger charge is -2.23. The van der Waals surface area contributed by atoms with Gasteiger partial charge in [0.25, 0.3) is 0 Å². The van der Waals surface area contributed by atoms with E-state index in [-0.39, 0.29) is 18.1 Å². The molecule has 3 rings (SSSR count). The van der Waals surface area contributed by atoms with Crippen LogP contribution in [0, 0.1) is 11.8 Å². The summed E-state index contributed by atoms with van der Waals surface area (Å²) in [6.07, 6.45) is 2.67. The molecule has 0 radical (unpaired) electrons. The van der Waals surface area contributed by atoms with Crippen molar-refractivity contribution in [2.24, 2.45) is 11.8 Å². The molecule has 1 saturated heterocycles. The number of thiophene rings is 1. The molecule has 1 aromatic heterocycles. The Labute approximate surface area is 112 Å². The third-order valence-electron chi connectivity index (χ3n) is 3.83. The van der Waals surface area contributed by atoms with Gasteiger partial charge in [-0.3, -0.25) is 10.1 Å². The van der Waals surface area contributed by atoms with Crippen LogP contribution >= 0.6 is 11.3 Å². The molecule has 2 atom stereocenters. The van der Waals surface area contributed by atoms with E-state index >= 15 is 0 Å². The quantitative estimate of drug-likeness (QED) is 0.906. The van der Waals surface area contributed by atoms with Crippen LogP contribution < -0.4 is 5.32 Å². The second-order valence-electron chi connectivity index (χ2n) is 5.74. The molecule has 3 nitrogen and oxygen atoms in total. The maximum atomic E-state index is 12.5. The van der Waals surface area contributed by atoms with Gasteiger partial charge in [0.05, 0.1) is 6.04 Å². The summed E-state index contributed by atoms with van der Waals surface area (Å²) in [5.41, 5.74) is 0. The van der Waals surface area contributed by atoms with Gasteiger partial charge in [0.1, 0.15) is 6.17 Å². The number of hydrogen-bond donors (Lipinski definition) is 1. The third-order valence-corrected chi connectivity index (χ3v) is 4.75. The second-order valence-corrected chi connectivity index (χ2v) is 6.72. The highest BCUT2D eigenvalue weighted by Gasteiger charge is 2.43. The lowest BCUT2D eigenvalue weighted by molar-refractivity contribution is -0.131. The Kier molecular flexibility index (Phi) is 3.16. The minimum absolute atomic E-state index is 0.0177. The smallest absolute Gasteiger partial charge is 0.241 e. The molecule has 0 aromatic carbocycles. The summed E-state index contributed by atoms with van der Waals surface area (Å²) < 4.78 is 0. The molecule has 1 aliphatic carbocycles. The normalized spacial score (nSPS) is 28.4. The zero-order chi connectivity index (χ0) is 12.7. The van der Waals surface area contributed by atoms with Gasteiger partial charge < -0.3 is 4.90 Å². The Bertz CT molecular complexity index is 425. The third kappa shape index (κ3) is 2.19. The van der Waals surface area contributed by atoms with Crippen molar-refractivity contribution in [3.05, 3.63) is 22.4 Å². The number of nitrogens with zero attached hydrogens (tertiary/aromatic N) is 1. The van der Waals surface area contributed by atoms with Crippen molar-refractivity contribution in [2.75, 3.05) is 6.54 Å². The molecule has 2 fully saturated rings. The number of rotatable bonds is 4. The Morgan fingerprint density at radius 1 is 1.50 bits per heavy atom. The lowest BCUT2D eigenvalue weighted by Crippen LogP contribution is -2.35. The fourth-order valence-electron chi connectivity index (χ4n) is 2.57. The topological polar surface area (TPSA) is 32.3 Å². The predicted molar refractivity (Wildman–Crippen MR) is 73.3 cm³/mol. The van der Waals surface area contributed by atoms with Gasteiger partial charge in [-0.25, -0.2) is 0 Å². The van der Waals surface area contributed by atoms with Gasteiger partial charge in [-0.15, -0.1) is 11.3 Å². The summed E-state index contributed by atoms with van der Waals surface area (Å²) in [6, 6.07) is 4.17. The fourth-order valence-corrected chi connectivity index (χ4v) is 3.37. The highest BCUT2D eigenvalue weighted by Crippen LogP contribution is 2.36. The zero-order valence-electron chi connectivity index (χ0n) is 10.9. The molecular weight excluding hydrogens is 244 g/mol. The van der Waals surface area contributed by atoms with E-state index in [0.717, 1.165) is 12.5 Å². The zero-order valence-corrected chi connectivity index (χ0v) is 11.7. The SMILES string of the molecule is CC(C)C1NC(c2cccs2)N(CC2CC2)C1=O. The van der Waals surface area contributed by atoms with Gasteiger partial charge in [-0.2, -0.15) is 0 Å². The van der Waals surface area contributed by atoms with E-state index in [0.29, 0.717) is 5.92 Å². The molecule has 4 heteroatoms. The molecule has 1 N–H and O–H groups in total. The summed E-state index contributed by atoms with van der Waals surface area (Å²) in [6.45, 7) is 5.15. The van der Waals surface area contributed by atoms with E-state index in [1.54, 1.807) is 11.3 Å². The van der Waals surface area contributed by atoms with E-state index in [1.807, 2.05) is 0 Å². The van der Waals surface area contributed by atoms with E-state index in [4.69, 9.17) is 0 Å². The maximum absolute atomic E-state index is 12.5. The van der Waals surface area contributed by atoms with Gasteiger partial charge in [-0.05, 0) is 36.1 Å². The van der Waals surface area contributed by atoms with Crippen molar-refractivity contribution in [3.8, 4) is 0 Å². The first-order valence-electron chi connectivity index (χ1n) is 6.76. The van der Waals surface area contributed by atoms with Crippen LogP contribution in [0.25, 0.3) is 0 Å². The van der Waals surface area contributed by atoms with Crippen LogP contribution in [-0.2, 0) is 4.79 Å². The summed E-state index contributed by atoms with van der Waals surface area (Å²) in [5.74, 6) is 1.38. The number of nitrogens with one attached hydrogen (secondary N) is 1. The van der Waals surface area contributed by atoms with E-state index < -0.39 is 0 Å². The molecule has 1 aromatic rings. The number of hydrogen-bond acceptors (Lipinski definition) is 3. The van der Waals surface area contributed by atoms with Gasteiger partial charge in [-0.1, -0.05) is 19.9 Å². The van der Waals surface area contributed by atoms with Gasteiger partial charge >= 0.3 is 0 Å². The van der Waals surface area contributed by atoms with Crippen molar-refractivity contribution < 1.29 is 4.79 Å². The number of amides is 1. The van der Waals surface area contributed by atoms with Crippen LogP contribution in [0.2, 0.25) is 0 Å². The molecule has 2 heterocycles. The largest absolute Gasteiger partial charge is 0.320 e. The first kappa shape index (κ1) is 12.2. The Morgan fingerprint density at radius 3 is 2.83 bits per heavy atom. The van der Waals surface area contributed by atoms with Crippen molar-refractivity contribution in [2.45, 2.75) is 38.9 Å². The summed E-state index contributed by atoms with van der Waals surface area (Å²) in [4.78, 5) is 15.8. The monoisotopic (exact) mass is 264 g/mol. The van der Waals surface area contributed by atoms with Crippen LogP contribution in [0.5, 0.6) is 0 Å². The molecule has 2 aliphatic rings. The number of carbonyl (C=O) groups is 1. The van der Waals surface area contributed by atoms with Crippen LogP contribution in [-0.4, -0.2) is 23.4 Å². The molecular formula is C14H20N2OS. The lowest BCUT2D eigenvalue weighted by atomic mass is 10.1. The maximum Gasteiger partial charge on any atom is 0.241 e. The minimum atomic E-state index is -0.0177. The van der Waals surface area contributed by atoms with E-state index in [9.17, 15) is 4.79 Å². The van der Waals surface area contributed by atoms with Gasteiger partial charge in [0.15, 0.2) is 0 Å². The molecule has 1 saturated carbocycles. The first-order valence-corrected chi connectivity index (χ1v) is 7.64. The molecule has 98 valence electrons. The van der Waals surface area contributed by atoms with Crippen LogP contribution in [0.3, 0.4) is 0 Å². The van der Waals surface area contributed by atoms with E-state index in [1.165, 1.54) is 17.7 Å². The van der Waals surface area contributed by atoms with Gasteiger partial charge in [0, 0.05) is 11.4 Å². The van der Waals surface area contributed by atoms with E-state index in [2.05, 4.69) is 41.6 Å². The average molecular weight is 264 g/mol. The van der Waals surface area contributed by atoms with Crippen LogP contribution in [0.4, 0.5) is 0 Å². The number of carbonyl (C=O) groups excluding carboxylic acids is 1. The van der Waals surface area contributed by atoms with Crippen molar-refractivity contribution >= 4 is 17.2 Å². The molecule has 1 aliphatic heterocycles. The average Bonchev–Trinajstić information content (AvgIpc) is 2.86. The van der Waals surface area contributed by atoms with Crippen molar-refractivity contribution in [3.63, 3.8) is 0 Å². The van der Waals surface area contributed by atoms with Crippen LogP contribution in [0.1, 0.15) is 37.7 Å². The Morgan fingerprint density at radius 2 is 2.28 bits per heavy atom. The Balaban J connectivity index is 1.83. The summed E-state index contributed by atoms with van der Waals surface area (Å²) in [7, 11) is 0. The molecule has 2 unspecified atom stereocenters. The second kappa shape index (κ2) is 4.67. The first-order chi connectivity index (χ1) is 8.66. The molecule has 1 amide bonds. The predicted octanol–water partition coefficient (Wildman–Crippen LogP) is 2.61. The van der Waals surface area contributed by atoms with Crippen molar-refractivity contribution in [1.82, 2.24) is 10.2 Å². The molecule has 18 heavy (non-hydrogen) atoms. The highest BCUT2D eigenvalue weighted by molar-refractivity contribution is 7.10. The molecule has 0 bridgehead atoms. The molecule has 0 spiro atoms. The minimum Gasteiger partial charge on any atom is -0.320 e. The van der Waals surface area contributed by atoms with Crippen LogP contribution in [0.15, 0.2) is 17.5 Å². The van der Waals surface area contributed by atoms with Crippen molar-refractivity contribution in [1.29, 1.82) is 0 Å². The Hall–Kier alpha value is -0.870. The van der Waals surface area contributed by atoms with Gasteiger partial charge in [0.2, 0.25) is 5.91 Å². The summed E-state index contributed by atoms with van der Waals surface area (Å²) >= 11 is 1.73. The fraction of sp³-hybridized carbons (Fsp3) is 0.643. The standard InChI is InChI=1S/C14H20N2OS/c1-9(2)12-14(17)16(8-10-5-6-10)13(15-12)11-4-3-7-18-11/h3-4,7,9-10,12-13,15H,5-6,8H2,1-2H3.